The molecule has 0 aliphatic rings. The SMILES string of the molecule is CC[C@H](O)CC=C=C(C)C. The number of hydrogen-bond acceptors (Lipinski definition) is 1. The van der Waals surface area contributed by atoms with E-state index in [2.05, 4.69) is 5.73 Å². The summed E-state index contributed by atoms with van der Waals surface area (Å²) < 4.78 is 0. The molecule has 0 aliphatic carbocycles. The summed E-state index contributed by atoms with van der Waals surface area (Å²) in [6, 6.07) is 0. The lowest BCUT2D eigenvalue weighted by atomic mass is 10.2. The van der Waals surface area contributed by atoms with Gasteiger partial charge in [-0.1, -0.05) is 6.92 Å². The van der Waals surface area contributed by atoms with Crippen LogP contribution in [-0.2, 0) is 0 Å². The quantitative estimate of drug-likeness (QED) is 0.596. The topological polar surface area (TPSA) is 20.2 Å². The standard InChI is InChI=1S/C9H16O/c1-4-9(10)7-5-6-8(2)3/h5,9-10H,4,7H2,1-3H3/t9-/m0/s1. The minimum absolute atomic E-state index is 0.188. The Morgan fingerprint density at radius 2 is 2.20 bits per heavy atom. The van der Waals surface area contributed by atoms with Crippen LogP contribution in [0.5, 0.6) is 0 Å². The van der Waals surface area contributed by atoms with E-state index in [-0.39, 0.29) is 6.10 Å². The summed E-state index contributed by atoms with van der Waals surface area (Å²) in [5, 5.41) is 9.09. The second-order valence-corrected chi connectivity index (χ2v) is 2.65. The summed E-state index contributed by atoms with van der Waals surface area (Å²) in [7, 11) is 0. The maximum Gasteiger partial charge on any atom is 0.0578 e. The van der Waals surface area contributed by atoms with Crippen LogP contribution in [0.15, 0.2) is 17.4 Å². The van der Waals surface area contributed by atoms with Gasteiger partial charge in [0.15, 0.2) is 0 Å². The van der Waals surface area contributed by atoms with Crippen LogP contribution in [-0.4, -0.2) is 11.2 Å². The summed E-state index contributed by atoms with van der Waals surface area (Å²) in [5.74, 6) is 0. The van der Waals surface area contributed by atoms with Gasteiger partial charge in [0.05, 0.1) is 6.10 Å². The molecule has 0 radical (unpaired) electrons. The first-order valence-electron chi connectivity index (χ1n) is 3.73. The van der Waals surface area contributed by atoms with Crippen molar-refractivity contribution in [3.63, 3.8) is 0 Å². The van der Waals surface area contributed by atoms with E-state index in [1.807, 2.05) is 26.8 Å². The fourth-order valence-electron chi connectivity index (χ4n) is 0.566. The predicted molar refractivity (Wildman–Crippen MR) is 43.9 cm³/mol. The molecule has 0 aromatic carbocycles. The Kier molecular flexibility index (Phi) is 5.00. The van der Waals surface area contributed by atoms with Crippen molar-refractivity contribution in [2.75, 3.05) is 0 Å². The van der Waals surface area contributed by atoms with E-state index in [1.54, 1.807) is 0 Å². The van der Waals surface area contributed by atoms with Crippen molar-refractivity contribution in [3.8, 4) is 0 Å². The minimum atomic E-state index is -0.188. The van der Waals surface area contributed by atoms with E-state index in [4.69, 9.17) is 5.11 Å². The van der Waals surface area contributed by atoms with Gasteiger partial charge in [-0.15, -0.1) is 5.73 Å². The molecule has 0 saturated heterocycles. The fraction of sp³-hybridized carbons (Fsp3) is 0.667. The Morgan fingerprint density at radius 1 is 1.60 bits per heavy atom. The van der Waals surface area contributed by atoms with Crippen LogP contribution >= 0.6 is 0 Å². The van der Waals surface area contributed by atoms with Gasteiger partial charge in [0.25, 0.3) is 0 Å². The highest BCUT2D eigenvalue weighted by atomic mass is 16.3. The van der Waals surface area contributed by atoms with Gasteiger partial charge in [-0.2, -0.15) is 0 Å². The Hall–Kier alpha value is -0.520. The van der Waals surface area contributed by atoms with E-state index < -0.39 is 0 Å². The van der Waals surface area contributed by atoms with Crippen molar-refractivity contribution in [2.24, 2.45) is 0 Å². The third-order valence-electron chi connectivity index (χ3n) is 1.25. The average molecular weight is 140 g/mol. The molecular formula is C9H16O. The molecule has 0 spiro atoms. The molecule has 10 heavy (non-hydrogen) atoms. The van der Waals surface area contributed by atoms with Crippen molar-refractivity contribution in [3.05, 3.63) is 17.4 Å². The lowest BCUT2D eigenvalue weighted by Crippen LogP contribution is -2.00. The maximum absolute atomic E-state index is 9.09. The van der Waals surface area contributed by atoms with Gasteiger partial charge in [-0.25, -0.2) is 0 Å². The van der Waals surface area contributed by atoms with Crippen molar-refractivity contribution in [1.82, 2.24) is 0 Å². The van der Waals surface area contributed by atoms with Crippen LogP contribution in [0.3, 0.4) is 0 Å². The zero-order valence-electron chi connectivity index (χ0n) is 7.02. The zero-order chi connectivity index (χ0) is 7.98. The molecule has 0 aliphatic heterocycles. The average Bonchev–Trinajstić information content (AvgIpc) is 1.87. The van der Waals surface area contributed by atoms with Crippen LogP contribution < -0.4 is 0 Å². The maximum atomic E-state index is 9.09. The second-order valence-electron chi connectivity index (χ2n) is 2.65. The van der Waals surface area contributed by atoms with E-state index in [1.165, 1.54) is 0 Å². The van der Waals surface area contributed by atoms with Crippen molar-refractivity contribution >= 4 is 0 Å². The minimum Gasteiger partial charge on any atom is -0.393 e. The summed E-state index contributed by atoms with van der Waals surface area (Å²) in [6.45, 7) is 5.96. The van der Waals surface area contributed by atoms with E-state index in [0.717, 1.165) is 18.4 Å². The molecule has 0 heterocycles. The highest BCUT2D eigenvalue weighted by Gasteiger charge is 1.93. The Bertz CT molecular complexity index is 137. The van der Waals surface area contributed by atoms with Crippen molar-refractivity contribution in [2.45, 2.75) is 39.7 Å². The van der Waals surface area contributed by atoms with E-state index in [0.29, 0.717) is 0 Å². The number of aliphatic hydroxyl groups is 1. The normalized spacial score (nSPS) is 12.0. The van der Waals surface area contributed by atoms with Gasteiger partial charge in [0.2, 0.25) is 0 Å². The van der Waals surface area contributed by atoms with Crippen molar-refractivity contribution < 1.29 is 5.11 Å². The Morgan fingerprint density at radius 3 is 2.60 bits per heavy atom. The largest absolute Gasteiger partial charge is 0.393 e. The Labute approximate surface area is 63.1 Å². The van der Waals surface area contributed by atoms with Gasteiger partial charge in [0, 0.05) is 0 Å². The summed E-state index contributed by atoms with van der Waals surface area (Å²) in [6.07, 6.45) is 3.25. The molecule has 0 rings (SSSR count). The number of hydrogen-bond donors (Lipinski definition) is 1. The molecule has 1 N–H and O–H groups in total. The van der Waals surface area contributed by atoms with Crippen LogP contribution in [0, 0.1) is 0 Å². The highest BCUT2D eigenvalue weighted by molar-refractivity contribution is 4.94. The highest BCUT2D eigenvalue weighted by Crippen LogP contribution is 1.97. The van der Waals surface area contributed by atoms with E-state index >= 15 is 0 Å². The van der Waals surface area contributed by atoms with Gasteiger partial charge < -0.3 is 5.11 Å². The van der Waals surface area contributed by atoms with Crippen LogP contribution in [0.4, 0.5) is 0 Å². The summed E-state index contributed by atoms with van der Waals surface area (Å²) in [4.78, 5) is 0. The molecule has 0 saturated carbocycles. The van der Waals surface area contributed by atoms with E-state index in [9.17, 15) is 0 Å². The first-order valence-corrected chi connectivity index (χ1v) is 3.73. The molecule has 0 unspecified atom stereocenters. The molecule has 0 bridgehead atoms. The van der Waals surface area contributed by atoms with Gasteiger partial charge >= 0.3 is 0 Å². The van der Waals surface area contributed by atoms with Crippen LogP contribution in [0.2, 0.25) is 0 Å². The molecular weight excluding hydrogens is 124 g/mol. The first-order chi connectivity index (χ1) is 4.66. The Balaban J connectivity index is 3.63. The van der Waals surface area contributed by atoms with Gasteiger partial charge in [-0.3, -0.25) is 0 Å². The van der Waals surface area contributed by atoms with Crippen LogP contribution in [0.25, 0.3) is 0 Å². The molecule has 58 valence electrons. The third kappa shape index (κ3) is 5.61. The molecule has 1 atom stereocenters. The monoisotopic (exact) mass is 140 g/mol. The number of rotatable bonds is 3. The summed E-state index contributed by atoms with van der Waals surface area (Å²) >= 11 is 0. The molecule has 0 aromatic rings. The first kappa shape index (κ1) is 9.48. The summed E-state index contributed by atoms with van der Waals surface area (Å²) in [5.41, 5.74) is 4.20. The molecule has 0 aromatic heterocycles. The van der Waals surface area contributed by atoms with Gasteiger partial charge in [0.1, 0.15) is 0 Å². The second kappa shape index (κ2) is 5.28. The molecule has 1 nitrogen and oxygen atoms in total. The predicted octanol–water partition coefficient (Wildman–Crippen LogP) is 2.27. The fourth-order valence-corrected chi connectivity index (χ4v) is 0.566. The zero-order valence-corrected chi connectivity index (χ0v) is 7.02. The molecule has 0 amide bonds. The molecule has 0 fully saturated rings. The lowest BCUT2D eigenvalue weighted by molar-refractivity contribution is 0.174. The van der Waals surface area contributed by atoms with Crippen LogP contribution in [0.1, 0.15) is 33.6 Å². The molecule has 1 heteroatoms. The number of aliphatic hydroxyl groups excluding tert-OH is 1. The third-order valence-corrected chi connectivity index (χ3v) is 1.25. The van der Waals surface area contributed by atoms with Gasteiger partial charge in [-0.05, 0) is 38.3 Å². The van der Waals surface area contributed by atoms with Crippen molar-refractivity contribution in [1.29, 1.82) is 0 Å². The lowest BCUT2D eigenvalue weighted by Gasteiger charge is -1.99. The smallest absolute Gasteiger partial charge is 0.0578 e.